The molecule has 0 fully saturated rings. The Kier molecular flexibility index (Phi) is 5.22. The van der Waals surface area contributed by atoms with E-state index in [1.807, 2.05) is 30.3 Å². The molecule has 2 aromatic rings. The van der Waals surface area contributed by atoms with E-state index in [0.717, 1.165) is 6.42 Å². The van der Waals surface area contributed by atoms with E-state index in [9.17, 15) is 4.79 Å². The molecule has 21 heavy (non-hydrogen) atoms. The molecule has 1 aromatic heterocycles. The number of carbonyl (C=O) groups is 1. The minimum absolute atomic E-state index is 0.00616. The monoisotopic (exact) mass is 287 g/mol. The van der Waals surface area contributed by atoms with Crippen LogP contribution in [0.3, 0.4) is 0 Å². The fourth-order valence-corrected chi connectivity index (χ4v) is 1.86. The molecular formula is C15H17N3O3. The first-order valence-corrected chi connectivity index (χ1v) is 6.55. The number of anilines is 1. The van der Waals surface area contributed by atoms with Crippen molar-refractivity contribution in [3.63, 3.8) is 0 Å². The second-order valence-corrected chi connectivity index (χ2v) is 4.52. The number of nitrogens with one attached hydrogen (secondary N) is 1. The first kappa shape index (κ1) is 14.9. The first-order chi connectivity index (χ1) is 10.2. The number of methoxy groups -OCH3 is 1. The van der Waals surface area contributed by atoms with Crippen LogP contribution in [0.4, 0.5) is 5.82 Å². The van der Waals surface area contributed by atoms with Gasteiger partial charge >= 0.3 is 5.97 Å². The van der Waals surface area contributed by atoms with Gasteiger partial charge in [-0.2, -0.15) is 0 Å². The van der Waals surface area contributed by atoms with Gasteiger partial charge in [0.05, 0.1) is 18.5 Å². The number of hydrogen-bond donors (Lipinski definition) is 2. The number of carboxylic acid groups (broad SMARTS) is 1. The quantitative estimate of drug-likeness (QED) is 0.808. The van der Waals surface area contributed by atoms with Gasteiger partial charge in [0.25, 0.3) is 0 Å². The zero-order valence-corrected chi connectivity index (χ0v) is 11.7. The summed E-state index contributed by atoms with van der Waals surface area (Å²) in [6.45, 7) is 0.562. The Morgan fingerprint density at radius 2 is 2.05 bits per heavy atom. The lowest BCUT2D eigenvalue weighted by atomic mass is 10.1. The molecule has 1 unspecified atom stereocenters. The maximum atomic E-state index is 10.7. The largest absolute Gasteiger partial charge is 0.476 e. The zero-order valence-electron chi connectivity index (χ0n) is 11.7. The number of nitrogens with zero attached hydrogens (tertiary/aromatic N) is 2. The van der Waals surface area contributed by atoms with Gasteiger partial charge in [-0.15, -0.1) is 0 Å². The van der Waals surface area contributed by atoms with E-state index in [1.54, 1.807) is 7.11 Å². The van der Waals surface area contributed by atoms with Crippen LogP contribution in [-0.4, -0.2) is 40.8 Å². The summed E-state index contributed by atoms with van der Waals surface area (Å²) >= 11 is 0. The third-order valence-corrected chi connectivity index (χ3v) is 3.02. The van der Waals surface area contributed by atoms with Crippen molar-refractivity contribution in [3.8, 4) is 0 Å². The molecule has 1 heterocycles. The van der Waals surface area contributed by atoms with Crippen molar-refractivity contribution in [2.24, 2.45) is 0 Å². The van der Waals surface area contributed by atoms with Crippen molar-refractivity contribution in [2.45, 2.75) is 12.5 Å². The Morgan fingerprint density at radius 3 is 2.62 bits per heavy atom. The summed E-state index contributed by atoms with van der Waals surface area (Å²) in [5.74, 6) is -0.567. The second kappa shape index (κ2) is 7.35. The molecule has 1 atom stereocenters. The van der Waals surface area contributed by atoms with Gasteiger partial charge in [0.15, 0.2) is 5.69 Å². The Bertz CT molecular complexity index is 572. The third kappa shape index (κ3) is 4.54. The number of aromatic carboxylic acids is 1. The van der Waals surface area contributed by atoms with Gasteiger partial charge < -0.3 is 15.2 Å². The van der Waals surface area contributed by atoms with E-state index >= 15 is 0 Å². The van der Waals surface area contributed by atoms with E-state index in [4.69, 9.17) is 9.84 Å². The van der Waals surface area contributed by atoms with Crippen LogP contribution in [0.5, 0.6) is 0 Å². The summed E-state index contributed by atoms with van der Waals surface area (Å²) in [6.07, 6.45) is 3.40. The van der Waals surface area contributed by atoms with Gasteiger partial charge in [0.2, 0.25) is 0 Å². The van der Waals surface area contributed by atoms with Gasteiger partial charge in [-0.25, -0.2) is 14.8 Å². The topological polar surface area (TPSA) is 84.3 Å². The highest BCUT2D eigenvalue weighted by atomic mass is 16.5. The summed E-state index contributed by atoms with van der Waals surface area (Å²) in [6, 6.07) is 10.1. The fraction of sp³-hybridized carbons (Fsp3) is 0.267. The zero-order chi connectivity index (χ0) is 15.1. The highest BCUT2D eigenvalue weighted by Crippen LogP contribution is 2.07. The molecular weight excluding hydrogens is 270 g/mol. The highest BCUT2D eigenvalue weighted by Gasteiger charge is 2.09. The van der Waals surface area contributed by atoms with Crippen LogP contribution in [0.15, 0.2) is 42.7 Å². The fourth-order valence-electron chi connectivity index (χ4n) is 1.86. The number of hydrogen-bond acceptors (Lipinski definition) is 5. The maximum absolute atomic E-state index is 10.7. The molecule has 2 rings (SSSR count). The summed E-state index contributed by atoms with van der Waals surface area (Å²) in [7, 11) is 1.66. The molecule has 0 amide bonds. The Hall–Kier alpha value is -2.47. The minimum atomic E-state index is -1.09. The molecule has 0 aliphatic carbocycles. The number of rotatable bonds is 7. The van der Waals surface area contributed by atoms with Gasteiger partial charge in [-0.1, -0.05) is 30.3 Å². The van der Waals surface area contributed by atoms with Gasteiger partial charge in [0.1, 0.15) is 5.82 Å². The maximum Gasteiger partial charge on any atom is 0.356 e. The predicted octanol–water partition coefficient (Wildman–Crippen LogP) is 1.84. The van der Waals surface area contributed by atoms with Crippen LogP contribution < -0.4 is 5.32 Å². The van der Waals surface area contributed by atoms with E-state index in [0.29, 0.717) is 12.4 Å². The standard InChI is InChI=1S/C15H17N3O3/c1-21-12(7-11-5-3-2-4-6-11)8-17-14-10-16-13(9-18-14)15(19)20/h2-6,9-10,12H,7-8H2,1H3,(H,17,18)(H,19,20). The van der Waals surface area contributed by atoms with Crippen LogP contribution in [0.2, 0.25) is 0 Å². The van der Waals surface area contributed by atoms with E-state index in [1.165, 1.54) is 18.0 Å². The van der Waals surface area contributed by atoms with Crippen LogP contribution in [0.1, 0.15) is 16.1 Å². The minimum Gasteiger partial charge on any atom is -0.476 e. The Balaban J connectivity index is 1.89. The van der Waals surface area contributed by atoms with Crippen molar-refractivity contribution in [3.05, 3.63) is 54.0 Å². The van der Waals surface area contributed by atoms with Crippen LogP contribution >= 0.6 is 0 Å². The van der Waals surface area contributed by atoms with Gasteiger partial charge in [-0.3, -0.25) is 0 Å². The van der Waals surface area contributed by atoms with Crippen LogP contribution in [0, 0.1) is 0 Å². The number of ether oxygens (including phenoxy) is 1. The molecule has 0 radical (unpaired) electrons. The van der Waals surface area contributed by atoms with Crippen molar-refractivity contribution in [1.29, 1.82) is 0 Å². The summed E-state index contributed by atoms with van der Waals surface area (Å²) in [4.78, 5) is 18.5. The van der Waals surface area contributed by atoms with Crippen molar-refractivity contribution < 1.29 is 14.6 Å². The summed E-state index contributed by atoms with van der Waals surface area (Å²) in [5, 5.41) is 11.8. The molecule has 0 saturated carbocycles. The third-order valence-electron chi connectivity index (χ3n) is 3.02. The van der Waals surface area contributed by atoms with Crippen molar-refractivity contribution in [1.82, 2.24) is 9.97 Å². The molecule has 110 valence electrons. The molecule has 0 aliphatic rings. The average Bonchev–Trinajstić information content (AvgIpc) is 2.52. The van der Waals surface area contributed by atoms with Crippen LogP contribution in [0.25, 0.3) is 0 Å². The Morgan fingerprint density at radius 1 is 1.29 bits per heavy atom. The van der Waals surface area contributed by atoms with E-state index in [2.05, 4.69) is 15.3 Å². The lowest BCUT2D eigenvalue weighted by Crippen LogP contribution is -2.24. The van der Waals surface area contributed by atoms with Crippen molar-refractivity contribution in [2.75, 3.05) is 19.0 Å². The SMILES string of the molecule is COC(CNc1cnc(C(=O)O)cn1)Cc1ccccc1. The smallest absolute Gasteiger partial charge is 0.356 e. The lowest BCUT2D eigenvalue weighted by molar-refractivity contribution is 0.0690. The van der Waals surface area contributed by atoms with Gasteiger partial charge in [0, 0.05) is 20.1 Å². The molecule has 0 saturated heterocycles. The number of carboxylic acids is 1. The number of aromatic nitrogens is 2. The normalized spacial score (nSPS) is 11.9. The van der Waals surface area contributed by atoms with Gasteiger partial charge in [-0.05, 0) is 5.56 Å². The molecule has 0 bridgehead atoms. The first-order valence-electron chi connectivity index (χ1n) is 6.55. The van der Waals surface area contributed by atoms with Crippen molar-refractivity contribution >= 4 is 11.8 Å². The molecule has 6 nitrogen and oxygen atoms in total. The van der Waals surface area contributed by atoms with E-state index in [-0.39, 0.29) is 11.8 Å². The lowest BCUT2D eigenvalue weighted by Gasteiger charge is -2.16. The number of benzene rings is 1. The Labute approximate surface area is 122 Å². The second-order valence-electron chi connectivity index (χ2n) is 4.52. The highest BCUT2D eigenvalue weighted by molar-refractivity contribution is 5.84. The molecule has 2 N–H and O–H groups in total. The molecule has 6 heteroatoms. The molecule has 0 spiro atoms. The average molecular weight is 287 g/mol. The van der Waals surface area contributed by atoms with E-state index < -0.39 is 5.97 Å². The summed E-state index contributed by atoms with van der Waals surface area (Å²) < 4.78 is 5.43. The molecule has 0 aliphatic heterocycles. The molecule has 1 aromatic carbocycles. The predicted molar refractivity (Wildman–Crippen MR) is 78.4 cm³/mol. The van der Waals surface area contributed by atoms with Crippen LogP contribution in [-0.2, 0) is 11.2 Å². The summed E-state index contributed by atoms with van der Waals surface area (Å²) in [5.41, 5.74) is 1.12.